The van der Waals surface area contributed by atoms with Crippen LogP contribution in [0.1, 0.15) is 80.1 Å². The van der Waals surface area contributed by atoms with E-state index in [1.807, 2.05) is 27.7 Å². The minimum atomic E-state index is -2.30. The highest BCUT2D eigenvalue weighted by molar-refractivity contribution is 5.92. The molecule has 23 nitrogen and oxygen atoms in total. The van der Waals surface area contributed by atoms with Gasteiger partial charge in [-0.1, -0.05) is 47.0 Å². The molecular weight excluding hydrogens is 770 g/mol. The van der Waals surface area contributed by atoms with E-state index in [2.05, 4.69) is 36.6 Å². The normalized spacial score (nSPS) is 13.6. The topological polar surface area (TPSA) is 356 Å². The fourth-order valence-electron chi connectivity index (χ4n) is 3.63. The van der Waals surface area contributed by atoms with Gasteiger partial charge in [-0.2, -0.15) is 0 Å². The van der Waals surface area contributed by atoms with Crippen molar-refractivity contribution in [2.24, 2.45) is 11.6 Å². The number of allylic oxidation sites excluding steroid dienone is 2. The Hall–Kier alpha value is -4.65. The maximum atomic E-state index is 12.7. The molecule has 1 aliphatic carbocycles. The highest BCUT2D eigenvalue weighted by Gasteiger charge is 2.29. The maximum absolute atomic E-state index is 12.7. The fraction of sp³-hybridized carbons (Fsp3) is 0.743. The Balaban J connectivity index is -0.00000168. The molecule has 0 aromatic rings. The van der Waals surface area contributed by atoms with Gasteiger partial charge in [0, 0.05) is 31.4 Å². The first-order chi connectivity index (χ1) is 27.3. The zero-order valence-corrected chi connectivity index (χ0v) is 35.1. The molecule has 0 heterocycles. The lowest BCUT2D eigenvalue weighted by Gasteiger charge is -2.28. The number of ketones is 1. The van der Waals surface area contributed by atoms with Crippen LogP contribution in [-0.2, 0) is 43.0 Å². The van der Waals surface area contributed by atoms with E-state index in [-0.39, 0.29) is 25.3 Å². The van der Waals surface area contributed by atoms with Gasteiger partial charge in [-0.15, -0.1) is 0 Å². The molecule has 1 fully saturated rings. The van der Waals surface area contributed by atoms with Gasteiger partial charge >= 0.3 is 6.09 Å². The average Bonchev–Trinajstić information content (AvgIpc) is 4.08. The van der Waals surface area contributed by atoms with Gasteiger partial charge in [0.15, 0.2) is 0 Å². The Morgan fingerprint density at radius 1 is 0.793 bits per heavy atom. The molecule has 6 amide bonds. The van der Waals surface area contributed by atoms with E-state index < -0.39 is 99.3 Å². The van der Waals surface area contributed by atoms with Crippen molar-refractivity contribution >= 4 is 41.4 Å². The lowest BCUT2D eigenvalue weighted by molar-refractivity contribution is -0.281. The number of carbonyl (C=O) groups is 7. The van der Waals surface area contributed by atoms with E-state index in [0.717, 1.165) is 31.3 Å². The molecule has 14 N–H and O–H groups in total. The number of nitrogens with zero attached hydrogens (tertiary/aromatic N) is 1. The number of ether oxygens (including phenoxy) is 3. The number of methoxy groups -OCH3 is 1. The summed E-state index contributed by atoms with van der Waals surface area (Å²) in [5, 5.41) is 52.9. The molecule has 0 bridgehead atoms. The number of nitrogens with one attached hydrogen (secondary N) is 6. The van der Waals surface area contributed by atoms with Crippen molar-refractivity contribution < 1.29 is 68.2 Å². The van der Waals surface area contributed by atoms with Gasteiger partial charge in [0.1, 0.15) is 17.9 Å². The van der Waals surface area contributed by atoms with E-state index in [4.69, 9.17) is 21.1 Å². The van der Waals surface area contributed by atoms with Gasteiger partial charge < -0.3 is 77.3 Å². The summed E-state index contributed by atoms with van der Waals surface area (Å²) in [6.45, 7) is 7.03. The fourth-order valence-corrected chi connectivity index (χ4v) is 3.63. The number of rotatable bonds is 24. The van der Waals surface area contributed by atoms with Crippen LogP contribution in [-0.4, -0.2) is 158 Å². The lowest BCUT2D eigenvalue weighted by Crippen LogP contribution is -2.53. The number of nitrogens with two attached hydrogens (primary N) is 2. The molecule has 4 unspecified atom stereocenters. The Morgan fingerprint density at radius 3 is 1.66 bits per heavy atom. The number of aliphatic hydroxyl groups is 4. The summed E-state index contributed by atoms with van der Waals surface area (Å²) in [6, 6.07) is -1.56. The third-order valence-corrected chi connectivity index (χ3v) is 6.87. The SMILES string of the molecule is C1CC1.CC.CC/C(N)=C(\CC)N(C)N.COC(=O)NCCC(=O)NC(COC(OC(CO)C(C)O)C(O)O)C(=O)NCC(=O)NCC(=O)NCC(=O)NCC(C)=O. The molecule has 1 rings (SSSR count). The quantitative estimate of drug-likeness (QED) is 0.0257. The molecule has 58 heavy (non-hydrogen) atoms. The summed E-state index contributed by atoms with van der Waals surface area (Å²) in [5.74, 6) is 1.26. The van der Waals surface area contributed by atoms with Gasteiger partial charge in [0.05, 0.1) is 52.6 Å². The predicted octanol–water partition coefficient (Wildman–Crippen LogP) is -3.34. The number of alkyl carbamates (subject to hydrolysis) is 1. The third-order valence-electron chi connectivity index (χ3n) is 6.87. The van der Waals surface area contributed by atoms with Gasteiger partial charge in [0.2, 0.25) is 42.1 Å². The van der Waals surface area contributed by atoms with E-state index >= 15 is 0 Å². The zero-order chi connectivity index (χ0) is 45.2. The van der Waals surface area contributed by atoms with Crippen LogP contribution in [0.25, 0.3) is 0 Å². The number of carbonyl (C=O) groups excluding carboxylic acids is 7. The summed E-state index contributed by atoms with van der Waals surface area (Å²) < 4.78 is 14.7. The van der Waals surface area contributed by atoms with E-state index in [9.17, 15) is 54.0 Å². The Bertz CT molecular complexity index is 1250. The molecule has 0 aromatic carbocycles. The standard InChI is InChI=1S/C23H40N6O14.C7H17N3.C3H6.C2H6/c1-12(31)6-25-17(34)7-26-18(35)8-27-19(36)9-28-20(37)14(29-16(33)4-5-24-23(40)41-3)11-42-22(21(38)39)43-15(10-30)13(2)32;1-4-6(8)7(5-2)10(3)9;1-2-3-1;1-2/h13-15,21-22,30,32,38-39H,4-11H2,1-3H3,(H,24,40)(H,25,34)(H,26,35)(H,27,36)(H,28,37)(H,29,33);4-5,8-9H2,1-3H3;1-3H2;1-2H3/b;7-6-;;. The molecular formula is C35H69N9O14. The predicted molar refractivity (Wildman–Crippen MR) is 210 cm³/mol. The first-order valence-electron chi connectivity index (χ1n) is 18.9. The molecule has 0 radical (unpaired) electrons. The molecule has 0 aliphatic heterocycles. The molecule has 0 saturated heterocycles. The Morgan fingerprint density at radius 2 is 1.29 bits per heavy atom. The molecule has 0 aromatic heterocycles. The number of amides is 6. The molecule has 23 heteroatoms. The lowest BCUT2D eigenvalue weighted by atomic mass is 10.2. The Labute approximate surface area is 340 Å². The van der Waals surface area contributed by atoms with Crippen LogP contribution >= 0.6 is 0 Å². The number of aliphatic hydroxyl groups excluding tert-OH is 3. The van der Waals surface area contributed by atoms with Crippen molar-refractivity contribution in [1.29, 1.82) is 0 Å². The average molecular weight is 840 g/mol. The molecule has 1 saturated carbocycles. The third kappa shape index (κ3) is 32.4. The second kappa shape index (κ2) is 35.5. The van der Waals surface area contributed by atoms with Gasteiger partial charge in [-0.3, -0.25) is 28.8 Å². The van der Waals surface area contributed by atoms with Crippen LogP contribution in [0, 0.1) is 0 Å². The second-order valence-electron chi connectivity index (χ2n) is 12.1. The highest BCUT2D eigenvalue weighted by Crippen LogP contribution is 2.15. The van der Waals surface area contributed by atoms with Crippen LogP contribution < -0.4 is 43.5 Å². The maximum Gasteiger partial charge on any atom is 0.406 e. The monoisotopic (exact) mass is 839 g/mol. The van der Waals surface area contributed by atoms with Crippen molar-refractivity contribution in [3.8, 4) is 0 Å². The van der Waals surface area contributed by atoms with Crippen molar-refractivity contribution in [3.05, 3.63) is 11.4 Å². The van der Waals surface area contributed by atoms with Crippen molar-refractivity contribution in [2.75, 3.05) is 60.1 Å². The number of hydrogen-bond donors (Lipinski definition) is 12. The van der Waals surface area contributed by atoms with Crippen molar-refractivity contribution in [1.82, 2.24) is 36.9 Å². The van der Waals surface area contributed by atoms with Crippen LogP contribution in [0.2, 0.25) is 0 Å². The zero-order valence-electron chi connectivity index (χ0n) is 35.1. The molecule has 4 atom stereocenters. The summed E-state index contributed by atoms with van der Waals surface area (Å²) in [7, 11) is 2.92. The van der Waals surface area contributed by atoms with E-state index in [1.54, 1.807) is 12.1 Å². The van der Waals surface area contributed by atoms with E-state index in [0.29, 0.717) is 0 Å². The summed E-state index contributed by atoms with van der Waals surface area (Å²) in [5.41, 5.74) is 7.60. The van der Waals surface area contributed by atoms with Crippen LogP contribution in [0.5, 0.6) is 0 Å². The van der Waals surface area contributed by atoms with E-state index in [1.165, 1.54) is 33.1 Å². The van der Waals surface area contributed by atoms with Crippen molar-refractivity contribution in [3.63, 3.8) is 0 Å². The number of hydrazine groups is 1. The summed E-state index contributed by atoms with van der Waals surface area (Å²) >= 11 is 0. The number of hydrogen-bond acceptors (Lipinski definition) is 17. The van der Waals surface area contributed by atoms with Gasteiger partial charge in [-0.05, 0) is 26.7 Å². The van der Waals surface area contributed by atoms with Crippen LogP contribution in [0.4, 0.5) is 4.79 Å². The van der Waals surface area contributed by atoms with Gasteiger partial charge in [0.25, 0.3) is 0 Å². The molecule has 338 valence electrons. The summed E-state index contributed by atoms with van der Waals surface area (Å²) in [6.07, 6.45) is -1.60. The van der Waals surface area contributed by atoms with Crippen LogP contribution in [0.15, 0.2) is 11.4 Å². The molecule has 1 aliphatic rings. The largest absolute Gasteiger partial charge is 0.453 e. The smallest absolute Gasteiger partial charge is 0.406 e. The second-order valence-corrected chi connectivity index (χ2v) is 12.1. The number of Topliss-reactive ketones (excluding diaryl/α,β-unsaturated/α-hetero) is 1. The van der Waals surface area contributed by atoms with Gasteiger partial charge in [-0.25, -0.2) is 10.6 Å². The first kappa shape index (κ1) is 57.7. The van der Waals surface area contributed by atoms with Crippen molar-refractivity contribution in [2.45, 2.75) is 111 Å². The minimum Gasteiger partial charge on any atom is -0.453 e. The minimum absolute atomic E-state index is 0.176. The Kier molecular flexibility index (Phi) is 35.3. The highest BCUT2D eigenvalue weighted by atomic mass is 16.7. The first-order valence-corrected chi connectivity index (χ1v) is 18.9. The molecule has 0 spiro atoms. The van der Waals surface area contributed by atoms with Crippen LogP contribution in [0.3, 0.4) is 0 Å². The summed E-state index contributed by atoms with van der Waals surface area (Å²) in [4.78, 5) is 82.4.